The third-order valence-corrected chi connectivity index (χ3v) is 5.92. The number of nitrogens with zero attached hydrogens (tertiary/aromatic N) is 5. The van der Waals surface area contributed by atoms with Crippen LogP contribution in [-0.2, 0) is 6.54 Å². The Morgan fingerprint density at radius 3 is 2.83 bits per heavy atom. The highest BCUT2D eigenvalue weighted by molar-refractivity contribution is 5.81. The molecule has 0 N–H and O–H groups in total. The first-order valence-corrected chi connectivity index (χ1v) is 10.6. The predicted molar refractivity (Wildman–Crippen MR) is 119 cm³/mol. The first kappa shape index (κ1) is 18.8. The number of aryl methyl sites for hydroxylation is 1. The third kappa shape index (κ3) is 3.94. The number of rotatable bonds is 4. The summed E-state index contributed by atoms with van der Waals surface area (Å²) < 4.78 is 0. The van der Waals surface area contributed by atoms with Gasteiger partial charge in [-0.15, -0.1) is 0 Å². The van der Waals surface area contributed by atoms with Gasteiger partial charge >= 0.3 is 0 Å². The lowest BCUT2D eigenvalue weighted by Gasteiger charge is -2.33. The van der Waals surface area contributed by atoms with E-state index in [0.29, 0.717) is 5.92 Å². The van der Waals surface area contributed by atoms with Crippen LogP contribution in [-0.4, -0.2) is 37.9 Å². The molecule has 1 saturated heterocycles. The molecule has 0 bridgehead atoms. The summed E-state index contributed by atoms with van der Waals surface area (Å²) in [6.45, 7) is 5.17. The Bertz CT molecular complexity index is 1150. The lowest BCUT2D eigenvalue weighted by molar-refractivity contribution is 0.199. The molecule has 1 aliphatic heterocycles. The van der Waals surface area contributed by atoms with E-state index in [4.69, 9.17) is 4.98 Å². The van der Waals surface area contributed by atoms with Crippen LogP contribution in [0, 0.1) is 6.92 Å². The molecule has 0 amide bonds. The van der Waals surface area contributed by atoms with E-state index in [1.165, 1.54) is 29.5 Å². The third-order valence-electron chi connectivity index (χ3n) is 5.92. The highest BCUT2D eigenvalue weighted by atomic mass is 15.1. The molecule has 0 unspecified atom stereocenters. The van der Waals surface area contributed by atoms with Crippen LogP contribution >= 0.6 is 0 Å². The maximum absolute atomic E-state index is 4.90. The van der Waals surface area contributed by atoms with Crippen molar-refractivity contribution in [2.24, 2.45) is 0 Å². The van der Waals surface area contributed by atoms with Gasteiger partial charge in [0.1, 0.15) is 6.33 Å². The summed E-state index contributed by atoms with van der Waals surface area (Å²) in [5.74, 6) is 0.440. The van der Waals surface area contributed by atoms with Gasteiger partial charge in [0.25, 0.3) is 0 Å². The minimum Gasteiger partial charge on any atom is -0.298 e. The molecule has 1 atom stereocenters. The summed E-state index contributed by atoms with van der Waals surface area (Å²) in [5.41, 5.74) is 6.83. The first-order valence-electron chi connectivity index (χ1n) is 10.6. The molecule has 4 heterocycles. The molecule has 0 saturated carbocycles. The Kier molecular flexibility index (Phi) is 5.20. The molecule has 5 heteroatoms. The van der Waals surface area contributed by atoms with Gasteiger partial charge in [-0.05, 0) is 61.7 Å². The quantitative estimate of drug-likeness (QED) is 0.498. The summed E-state index contributed by atoms with van der Waals surface area (Å²) in [6, 6.07) is 15.0. The Morgan fingerprint density at radius 1 is 1.03 bits per heavy atom. The van der Waals surface area contributed by atoms with Crippen LogP contribution in [0.1, 0.15) is 35.7 Å². The van der Waals surface area contributed by atoms with Crippen LogP contribution in [0.25, 0.3) is 22.0 Å². The van der Waals surface area contributed by atoms with Crippen molar-refractivity contribution in [3.05, 3.63) is 84.3 Å². The molecule has 5 rings (SSSR count). The second-order valence-electron chi connectivity index (χ2n) is 8.11. The molecule has 3 aromatic heterocycles. The molecule has 1 aliphatic rings. The summed E-state index contributed by atoms with van der Waals surface area (Å²) in [4.78, 5) is 20.3. The Labute approximate surface area is 176 Å². The minimum atomic E-state index is 0.440. The van der Waals surface area contributed by atoms with Crippen molar-refractivity contribution >= 4 is 10.9 Å². The van der Waals surface area contributed by atoms with E-state index in [1.54, 1.807) is 6.33 Å². The van der Waals surface area contributed by atoms with E-state index in [-0.39, 0.29) is 0 Å². The summed E-state index contributed by atoms with van der Waals surface area (Å²) >= 11 is 0. The van der Waals surface area contributed by atoms with Crippen molar-refractivity contribution in [3.63, 3.8) is 0 Å². The van der Waals surface area contributed by atoms with E-state index in [0.717, 1.165) is 42.0 Å². The second kappa shape index (κ2) is 8.28. The van der Waals surface area contributed by atoms with Gasteiger partial charge in [-0.25, -0.2) is 9.97 Å². The topological polar surface area (TPSA) is 54.8 Å². The monoisotopic (exact) mass is 395 g/mol. The summed E-state index contributed by atoms with van der Waals surface area (Å²) in [6.07, 6.45) is 9.53. The second-order valence-corrected chi connectivity index (χ2v) is 8.11. The highest BCUT2D eigenvalue weighted by Gasteiger charge is 2.23. The predicted octanol–water partition coefficient (Wildman–Crippen LogP) is 4.77. The van der Waals surface area contributed by atoms with Gasteiger partial charge in [-0.2, -0.15) is 0 Å². The van der Waals surface area contributed by atoms with Crippen molar-refractivity contribution in [1.82, 2.24) is 24.8 Å². The zero-order valence-electron chi connectivity index (χ0n) is 17.2. The largest absolute Gasteiger partial charge is 0.298 e. The van der Waals surface area contributed by atoms with Gasteiger partial charge in [0.15, 0.2) is 0 Å². The number of fused-ring (bicyclic) bond motifs is 1. The zero-order chi connectivity index (χ0) is 20.3. The van der Waals surface area contributed by atoms with Crippen LogP contribution in [0.15, 0.2) is 67.4 Å². The van der Waals surface area contributed by atoms with Crippen molar-refractivity contribution in [2.45, 2.75) is 32.2 Å². The molecule has 0 spiro atoms. The molecule has 150 valence electrons. The molecule has 0 aliphatic carbocycles. The maximum Gasteiger partial charge on any atom is 0.115 e. The van der Waals surface area contributed by atoms with Gasteiger partial charge in [0.05, 0.1) is 5.52 Å². The number of benzene rings is 1. The molecule has 30 heavy (non-hydrogen) atoms. The molecule has 4 aromatic rings. The molecular formula is C25H25N5. The molecule has 1 aromatic carbocycles. The fourth-order valence-corrected chi connectivity index (χ4v) is 4.50. The number of likely N-dealkylation sites (tertiary alicyclic amines) is 1. The first-order chi connectivity index (χ1) is 14.8. The molecule has 1 fully saturated rings. The summed E-state index contributed by atoms with van der Waals surface area (Å²) in [7, 11) is 0. The Balaban J connectivity index is 1.39. The van der Waals surface area contributed by atoms with Gasteiger partial charge in [-0.1, -0.05) is 18.2 Å². The van der Waals surface area contributed by atoms with Crippen molar-refractivity contribution in [2.75, 3.05) is 13.1 Å². The molecule has 5 nitrogen and oxygen atoms in total. The number of pyridine rings is 2. The van der Waals surface area contributed by atoms with Gasteiger partial charge in [0, 0.05) is 59.9 Å². The zero-order valence-corrected chi connectivity index (χ0v) is 17.2. The summed E-state index contributed by atoms with van der Waals surface area (Å²) in [5, 5.41) is 1.25. The van der Waals surface area contributed by atoms with Crippen LogP contribution < -0.4 is 0 Å². The Morgan fingerprint density at radius 2 is 1.93 bits per heavy atom. The number of hydrogen-bond acceptors (Lipinski definition) is 5. The number of piperidine rings is 1. The number of hydrogen-bond donors (Lipinski definition) is 0. The van der Waals surface area contributed by atoms with Crippen LogP contribution in [0.4, 0.5) is 0 Å². The van der Waals surface area contributed by atoms with E-state index >= 15 is 0 Å². The fourth-order valence-electron chi connectivity index (χ4n) is 4.50. The van der Waals surface area contributed by atoms with Crippen LogP contribution in [0.5, 0.6) is 0 Å². The van der Waals surface area contributed by atoms with E-state index in [1.807, 2.05) is 24.7 Å². The smallest absolute Gasteiger partial charge is 0.115 e. The minimum absolute atomic E-state index is 0.440. The van der Waals surface area contributed by atoms with Crippen molar-refractivity contribution in [3.8, 4) is 11.1 Å². The average molecular weight is 396 g/mol. The average Bonchev–Trinajstić information content (AvgIpc) is 2.80. The Hall–Kier alpha value is -3.18. The van der Waals surface area contributed by atoms with Crippen molar-refractivity contribution < 1.29 is 0 Å². The molecular weight excluding hydrogens is 370 g/mol. The lowest BCUT2D eigenvalue weighted by Crippen LogP contribution is -2.34. The SMILES string of the molecule is Cc1cc(-c2cncnc2)cc([C@@H]2CCCN(Cc3cccc4ncccc34)C2)n1. The van der Waals surface area contributed by atoms with Crippen LogP contribution in [0.3, 0.4) is 0 Å². The van der Waals surface area contributed by atoms with E-state index < -0.39 is 0 Å². The highest BCUT2D eigenvalue weighted by Crippen LogP contribution is 2.30. The van der Waals surface area contributed by atoms with Crippen molar-refractivity contribution in [1.29, 1.82) is 0 Å². The van der Waals surface area contributed by atoms with Gasteiger partial charge in [-0.3, -0.25) is 14.9 Å². The maximum atomic E-state index is 4.90. The lowest BCUT2D eigenvalue weighted by atomic mass is 9.92. The van der Waals surface area contributed by atoms with Crippen LogP contribution in [0.2, 0.25) is 0 Å². The normalized spacial score (nSPS) is 17.3. The van der Waals surface area contributed by atoms with Gasteiger partial charge in [0.2, 0.25) is 0 Å². The molecule has 0 radical (unpaired) electrons. The standard InChI is InChI=1S/C25H25N5/c1-18-11-21(22-13-26-17-27-14-22)12-25(29-18)20-6-4-10-30(16-20)15-19-5-2-8-24-23(19)7-3-9-28-24/h2-3,5,7-9,11-14,17,20H,4,6,10,15-16H2,1H3/t20-/m1/s1. The fraction of sp³-hybridized carbons (Fsp3) is 0.280. The van der Waals surface area contributed by atoms with E-state index in [2.05, 4.69) is 63.2 Å². The van der Waals surface area contributed by atoms with Gasteiger partial charge < -0.3 is 0 Å². The van der Waals surface area contributed by atoms with E-state index in [9.17, 15) is 0 Å². The number of aromatic nitrogens is 4.